The van der Waals surface area contributed by atoms with E-state index in [1.165, 1.54) is 18.5 Å². The number of thiazole rings is 1. The molecule has 1 aromatic rings. The van der Waals surface area contributed by atoms with Crippen molar-refractivity contribution in [3.8, 4) is 0 Å². The molecule has 0 aromatic carbocycles. The van der Waals surface area contributed by atoms with Crippen LogP contribution in [0.15, 0.2) is 5.38 Å². The first-order chi connectivity index (χ1) is 11.7. The summed E-state index contributed by atoms with van der Waals surface area (Å²) in [7, 11) is 0. The highest BCUT2D eigenvalue weighted by molar-refractivity contribution is 7.09. The van der Waals surface area contributed by atoms with E-state index in [-0.39, 0.29) is 17.9 Å². The Morgan fingerprint density at radius 1 is 1.12 bits per heavy atom. The number of amides is 3. The van der Waals surface area contributed by atoms with Gasteiger partial charge in [0, 0.05) is 43.4 Å². The third-order valence-electron chi connectivity index (χ3n) is 4.98. The number of carbonyl (C=O) groups excluding carboxylic acids is 2. The highest BCUT2D eigenvalue weighted by Crippen LogP contribution is 2.40. The molecule has 6 nitrogen and oxygen atoms in total. The molecule has 130 valence electrons. The lowest BCUT2D eigenvalue weighted by atomic mass is 10.3. The Morgan fingerprint density at radius 2 is 1.88 bits per heavy atom. The van der Waals surface area contributed by atoms with E-state index in [0.717, 1.165) is 30.8 Å². The maximum Gasteiger partial charge on any atom is 0.317 e. The van der Waals surface area contributed by atoms with Gasteiger partial charge in [0.2, 0.25) is 5.91 Å². The Hall–Kier alpha value is -1.63. The van der Waals surface area contributed by atoms with Crippen LogP contribution in [0.1, 0.15) is 48.7 Å². The zero-order chi connectivity index (χ0) is 16.5. The van der Waals surface area contributed by atoms with Crippen LogP contribution in [0.25, 0.3) is 0 Å². The topological polar surface area (TPSA) is 65.5 Å². The summed E-state index contributed by atoms with van der Waals surface area (Å²) in [5.41, 5.74) is 1.19. The van der Waals surface area contributed by atoms with E-state index in [0.29, 0.717) is 32.1 Å². The van der Waals surface area contributed by atoms with Gasteiger partial charge in [0.1, 0.15) is 5.01 Å². The molecular formula is C17H24N4O2S. The molecule has 0 bridgehead atoms. The molecule has 7 heteroatoms. The molecule has 2 heterocycles. The van der Waals surface area contributed by atoms with Gasteiger partial charge in [0.25, 0.3) is 0 Å². The standard InChI is InChI=1S/C17H24N4O2S/c22-16(13-4-5-13)20-6-1-7-21(9-8-20)17(23)18-10-15-19-14(11-24-15)12-2-3-12/h11-13H,1-10H2,(H,18,23). The Bertz CT molecular complexity index is 624. The van der Waals surface area contributed by atoms with Crippen molar-refractivity contribution in [3.63, 3.8) is 0 Å². The van der Waals surface area contributed by atoms with E-state index in [1.54, 1.807) is 11.3 Å². The summed E-state index contributed by atoms with van der Waals surface area (Å²) >= 11 is 1.63. The summed E-state index contributed by atoms with van der Waals surface area (Å²) in [6, 6.07) is -0.0427. The van der Waals surface area contributed by atoms with Gasteiger partial charge in [-0.15, -0.1) is 11.3 Å². The molecule has 2 saturated carbocycles. The van der Waals surface area contributed by atoms with Gasteiger partial charge >= 0.3 is 6.03 Å². The Morgan fingerprint density at radius 3 is 2.62 bits per heavy atom. The molecule has 1 aromatic heterocycles. The number of aromatic nitrogens is 1. The number of urea groups is 1. The maximum absolute atomic E-state index is 12.4. The van der Waals surface area contributed by atoms with Crippen LogP contribution < -0.4 is 5.32 Å². The summed E-state index contributed by atoms with van der Waals surface area (Å²) in [6.07, 6.45) is 5.43. The fraction of sp³-hybridized carbons (Fsp3) is 0.706. The van der Waals surface area contributed by atoms with Crippen LogP contribution in [0.2, 0.25) is 0 Å². The average Bonchev–Trinajstić information content (AvgIpc) is 3.48. The van der Waals surface area contributed by atoms with Crippen LogP contribution in [0, 0.1) is 5.92 Å². The highest BCUT2D eigenvalue weighted by Gasteiger charge is 2.34. The zero-order valence-corrected chi connectivity index (χ0v) is 14.7. The van der Waals surface area contributed by atoms with Crippen LogP contribution in [0.3, 0.4) is 0 Å². The number of carbonyl (C=O) groups is 2. The fourth-order valence-electron chi connectivity index (χ4n) is 3.17. The quantitative estimate of drug-likeness (QED) is 0.907. The van der Waals surface area contributed by atoms with Gasteiger partial charge in [0.05, 0.1) is 12.2 Å². The summed E-state index contributed by atoms with van der Waals surface area (Å²) in [5.74, 6) is 1.20. The molecule has 0 atom stereocenters. The van der Waals surface area contributed by atoms with Crippen molar-refractivity contribution in [1.82, 2.24) is 20.1 Å². The van der Waals surface area contributed by atoms with E-state index < -0.39 is 0 Å². The Balaban J connectivity index is 1.25. The Kier molecular flexibility index (Phi) is 4.43. The van der Waals surface area contributed by atoms with Crippen molar-refractivity contribution >= 4 is 23.3 Å². The molecule has 1 saturated heterocycles. The molecule has 24 heavy (non-hydrogen) atoms. The summed E-state index contributed by atoms with van der Waals surface area (Å²) < 4.78 is 0. The number of nitrogens with one attached hydrogen (secondary N) is 1. The second-order valence-electron chi connectivity index (χ2n) is 7.04. The minimum absolute atomic E-state index is 0.0427. The smallest absolute Gasteiger partial charge is 0.317 e. The first-order valence-electron chi connectivity index (χ1n) is 8.96. The van der Waals surface area contributed by atoms with Crippen molar-refractivity contribution in [2.75, 3.05) is 26.2 Å². The van der Waals surface area contributed by atoms with Crippen molar-refractivity contribution in [2.24, 2.45) is 5.92 Å². The fourth-order valence-corrected chi connectivity index (χ4v) is 3.98. The van der Waals surface area contributed by atoms with Gasteiger partial charge in [-0.05, 0) is 32.1 Å². The van der Waals surface area contributed by atoms with Crippen LogP contribution in [0.5, 0.6) is 0 Å². The molecule has 3 aliphatic rings. The first kappa shape index (κ1) is 15.9. The average molecular weight is 348 g/mol. The number of nitrogens with zero attached hydrogens (tertiary/aromatic N) is 3. The molecule has 3 fully saturated rings. The van der Waals surface area contributed by atoms with Gasteiger partial charge in [-0.2, -0.15) is 0 Å². The van der Waals surface area contributed by atoms with Gasteiger partial charge < -0.3 is 15.1 Å². The van der Waals surface area contributed by atoms with Crippen LogP contribution in [-0.4, -0.2) is 52.9 Å². The molecule has 1 N–H and O–H groups in total. The van der Waals surface area contributed by atoms with E-state index in [9.17, 15) is 9.59 Å². The predicted molar refractivity (Wildman–Crippen MR) is 91.8 cm³/mol. The molecule has 0 unspecified atom stereocenters. The monoisotopic (exact) mass is 348 g/mol. The van der Waals surface area contributed by atoms with E-state index >= 15 is 0 Å². The molecule has 0 radical (unpaired) electrons. The van der Waals surface area contributed by atoms with Crippen LogP contribution >= 0.6 is 11.3 Å². The molecule has 0 spiro atoms. The van der Waals surface area contributed by atoms with Crippen molar-refractivity contribution in [1.29, 1.82) is 0 Å². The third-order valence-corrected chi connectivity index (χ3v) is 5.84. The Labute approximate surface area is 146 Å². The minimum atomic E-state index is -0.0427. The van der Waals surface area contributed by atoms with Gasteiger partial charge in [-0.1, -0.05) is 0 Å². The second-order valence-corrected chi connectivity index (χ2v) is 7.98. The van der Waals surface area contributed by atoms with Crippen LogP contribution in [0.4, 0.5) is 4.79 Å². The van der Waals surface area contributed by atoms with Gasteiger partial charge in [-0.25, -0.2) is 9.78 Å². The van der Waals surface area contributed by atoms with E-state index in [2.05, 4.69) is 15.7 Å². The molecular weight excluding hydrogens is 324 g/mol. The molecule has 4 rings (SSSR count). The van der Waals surface area contributed by atoms with Crippen molar-refractivity contribution in [2.45, 2.75) is 44.6 Å². The molecule has 3 amide bonds. The number of rotatable bonds is 4. The first-order valence-corrected chi connectivity index (χ1v) is 9.84. The lowest BCUT2D eigenvalue weighted by Crippen LogP contribution is -2.42. The minimum Gasteiger partial charge on any atom is -0.341 e. The third kappa shape index (κ3) is 3.71. The molecule has 1 aliphatic heterocycles. The van der Waals surface area contributed by atoms with Gasteiger partial charge in [-0.3, -0.25) is 4.79 Å². The normalized spacial score (nSPS) is 21.5. The lowest BCUT2D eigenvalue weighted by molar-refractivity contribution is -0.132. The van der Waals surface area contributed by atoms with Crippen molar-refractivity contribution < 1.29 is 9.59 Å². The summed E-state index contributed by atoms with van der Waals surface area (Å²) in [5, 5.41) is 6.07. The number of hydrogen-bond donors (Lipinski definition) is 1. The predicted octanol–water partition coefficient (Wildman–Crippen LogP) is 2.17. The number of hydrogen-bond acceptors (Lipinski definition) is 4. The zero-order valence-electron chi connectivity index (χ0n) is 13.9. The highest BCUT2D eigenvalue weighted by atomic mass is 32.1. The van der Waals surface area contributed by atoms with E-state index in [4.69, 9.17) is 0 Å². The van der Waals surface area contributed by atoms with Crippen molar-refractivity contribution in [3.05, 3.63) is 16.1 Å². The largest absolute Gasteiger partial charge is 0.341 e. The summed E-state index contributed by atoms with van der Waals surface area (Å²) in [6.45, 7) is 3.26. The second kappa shape index (κ2) is 6.70. The molecule has 2 aliphatic carbocycles. The maximum atomic E-state index is 12.4. The lowest BCUT2D eigenvalue weighted by Gasteiger charge is -2.22. The summed E-state index contributed by atoms with van der Waals surface area (Å²) in [4.78, 5) is 32.9. The van der Waals surface area contributed by atoms with E-state index in [1.807, 2.05) is 9.80 Å². The van der Waals surface area contributed by atoms with Gasteiger partial charge in [0.15, 0.2) is 0 Å². The SMILES string of the molecule is O=C(NCc1nc(C2CC2)cs1)N1CCCN(C(=O)C2CC2)CC1. The van der Waals surface area contributed by atoms with Crippen LogP contribution in [-0.2, 0) is 11.3 Å².